The Morgan fingerprint density at radius 3 is 2.86 bits per heavy atom. The minimum atomic E-state index is 0.743. The van der Waals surface area contributed by atoms with Crippen molar-refractivity contribution in [2.45, 2.75) is 39.2 Å². The molecule has 0 aromatic heterocycles. The minimum absolute atomic E-state index is 0.743. The Balaban J connectivity index is 1.77. The summed E-state index contributed by atoms with van der Waals surface area (Å²) in [5.41, 5.74) is 0. The zero-order chi connectivity index (χ0) is 9.97. The highest BCUT2D eigenvalue weighted by molar-refractivity contribution is 4.85. The van der Waals surface area contributed by atoms with Crippen LogP contribution in [0.2, 0.25) is 0 Å². The molecule has 2 fully saturated rings. The first-order chi connectivity index (χ1) is 6.79. The highest BCUT2D eigenvalue weighted by Gasteiger charge is 2.28. The van der Waals surface area contributed by atoms with Crippen LogP contribution >= 0.6 is 0 Å². The second kappa shape index (κ2) is 4.63. The van der Waals surface area contributed by atoms with E-state index in [1.165, 1.54) is 45.4 Å². The van der Waals surface area contributed by atoms with Crippen molar-refractivity contribution < 1.29 is 0 Å². The summed E-state index contributed by atoms with van der Waals surface area (Å²) in [5.74, 6) is 1.88. The van der Waals surface area contributed by atoms with Gasteiger partial charge in [0.15, 0.2) is 0 Å². The predicted octanol–water partition coefficient (Wildman–Crippen LogP) is 1.72. The third kappa shape index (κ3) is 2.71. The van der Waals surface area contributed by atoms with Crippen LogP contribution in [0.4, 0.5) is 0 Å². The fourth-order valence-corrected chi connectivity index (χ4v) is 2.34. The maximum atomic E-state index is 3.65. The zero-order valence-corrected chi connectivity index (χ0v) is 9.63. The molecule has 1 saturated heterocycles. The summed E-state index contributed by atoms with van der Waals surface area (Å²) in [7, 11) is 0. The van der Waals surface area contributed by atoms with Gasteiger partial charge in [-0.25, -0.2) is 0 Å². The van der Waals surface area contributed by atoms with Crippen molar-refractivity contribution in [2.24, 2.45) is 11.8 Å². The van der Waals surface area contributed by atoms with Crippen molar-refractivity contribution in [3.8, 4) is 0 Å². The summed E-state index contributed by atoms with van der Waals surface area (Å²) >= 11 is 0. The molecule has 0 aromatic carbocycles. The van der Waals surface area contributed by atoms with Gasteiger partial charge in [0.1, 0.15) is 0 Å². The van der Waals surface area contributed by atoms with Gasteiger partial charge in [-0.3, -0.25) is 0 Å². The normalized spacial score (nSPS) is 31.7. The average molecular weight is 196 g/mol. The smallest absolute Gasteiger partial charge is 0.0221 e. The van der Waals surface area contributed by atoms with Crippen molar-refractivity contribution in [3.63, 3.8) is 0 Å². The number of piperazine rings is 1. The van der Waals surface area contributed by atoms with Crippen molar-refractivity contribution in [2.75, 3.05) is 26.2 Å². The Morgan fingerprint density at radius 2 is 2.21 bits per heavy atom. The van der Waals surface area contributed by atoms with E-state index in [0.717, 1.165) is 17.9 Å². The first-order valence-electron chi connectivity index (χ1n) is 6.25. The fourth-order valence-electron chi connectivity index (χ4n) is 2.34. The zero-order valence-electron chi connectivity index (χ0n) is 9.63. The van der Waals surface area contributed by atoms with Gasteiger partial charge < -0.3 is 10.2 Å². The van der Waals surface area contributed by atoms with E-state index in [9.17, 15) is 0 Å². The van der Waals surface area contributed by atoms with E-state index in [1.54, 1.807) is 0 Å². The van der Waals surface area contributed by atoms with Gasteiger partial charge in [0.05, 0.1) is 0 Å². The van der Waals surface area contributed by atoms with E-state index in [-0.39, 0.29) is 0 Å². The molecule has 1 aliphatic carbocycles. The Bertz CT molecular complexity index is 177. The number of hydrogen-bond acceptors (Lipinski definition) is 2. The molecule has 2 unspecified atom stereocenters. The third-order valence-corrected chi connectivity index (χ3v) is 3.83. The second-order valence-electron chi connectivity index (χ2n) is 5.15. The second-order valence-corrected chi connectivity index (χ2v) is 5.15. The van der Waals surface area contributed by atoms with Crippen molar-refractivity contribution >= 4 is 0 Å². The van der Waals surface area contributed by atoms with Gasteiger partial charge in [-0.15, -0.1) is 0 Å². The lowest BCUT2D eigenvalue weighted by Gasteiger charge is -2.36. The molecule has 1 aliphatic heterocycles. The molecule has 0 aromatic rings. The molecule has 0 spiro atoms. The molecule has 2 rings (SSSR count). The van der Waals surface area contributed by atoms with Crippen LogP contribution < -0.4 is 5.32 Å². The van der Waals surface area contributed by atoms with E-state index in [0.29, 0.717) is 0 Å². The molecule has 0 amide bonds. The quantitative estimate of drug-likeness (QED) is 0.736. The molecule has 1 N–H and O–H groups in total. The molecule has 2 nitrogen and oxygen atoms in total. The maximum absolute atomic E-state index is 3.65. The standard InChI is InChI=1S/C12H24N2/c1-3-10(2)12-9-14(7-6-13-12)8-11-4-5-11/h10-13H,3-9H2,1-2H3. The number of rotatable bonds is 4. The summed E-state index contributed by atoms with van der Waals surface area (Å²) in [5, 5.41) is 3.65. The van der Waals surface area contributed by atoms with Gasteiger partial charge >= 0.3 is 0 Å². The van der Waals surface area contributed by atoms with Crippen molar-refractivity contribution in [1.29, 1.82) is 0 Å². The lowest BCUT2D eigenvalue weighted by molar-refractivity contribution is 0.163. The summed E-state index contributed by atoms with van der Waals surface area (Å²) in [6.07, 6.45) is 4.27. The topological polar surface area (TPSA) is 15.3 Å². The molecule has 82 valence electrons. The molecular weight excluding hydrogens is 172 g/mol. The SMILES string of the molecule is CCC(C)C1CN(CC2CC2)CCN1. The van der Waals surface area contributed by atoms with Gasteiger partial charge in [0.2, 0.25) is 0 Å². The van der Waals surface area contributed by atoms with E-state index < -0.39 is 0 Å². The van der Waals surface area contributed by atoms with Crippen LogP contribution in [0.25, 0.3) is 0 Å². The molecule has 14 heavy (non-hydrogen) atoms. The first kappa shape index (κ1) is 10.4. The van der Waals surface area contributed by atoms with Gasteiger partial charge in [-0.05, 0) is 24.7 Å². The highest BCUT2D eigenvalue weighted by atomic mass is 15.2. The van der Waals surface area contributed by atoms with Crippen molar-refractivity contribution in [1.82, 2.24) is 10.2 Å². The van der Waals surface area contributed by atoms with Crippen LogP contribution in [0.3, 0.4) is 0 Å². The number of nitrogens with zero attached hydrogens (tertiary/aromatic N) is 1. The lowest BCUT2D eigenvalue weighted by atomic mass is 9.97. The number of hydrogen-bond donors (Lipinski definition) is 1. The molecular formula is C12H24N2. The largest absolute Gasteiger partial charge is 0.311 e. The summed E-state index contributed by atoms with van der Waals surface area (Å²) in [6, 6.07) is 0.743. The Hall–Kier alpha value is -0.0800. The van der Waals surface area contributed by atoms with Crippen LogP contribution in [-0.4, -0.2) is 37.1 Å². The summed E-state index contributed by atoms with van der Waals surface area (Å²) < 4.78 is 0. The van der Waals surface area contributed by atoms with Gasteiger partial charge in [0, 0.05) is 32.2 Å². The van der Waals surface area contributed by atoms with Gasteiger partial charge in [-0.2, -0.15) is 0 Å². The molecule has 2 aliphatic rings. The van der Waals surface area contributed by atoms with E-state index in [1.807, 2.05) is 0 Å². The fraction of sp³-hybridized carbons (Fsp3) is 1.00. The molecule has 0 bridgehead atoms. The highest BCUT2D eigenvalue weighted by Crippen LogP contribution is 2.30. The predicted molar refractivity (Wildman–Crippen MR) is 60.4 cm³/mol. The van der Waals surface area contributed by atoms with Gasteiger partial charge in [0.25, 0.3) is 0 Å². The molecule has 0 radical (unpaired) electrons. The van der Waals surface area contributed by atoms with Crippen LogP contribution in [-0.2, 0) is 0 Å². The van der Waals surface area contributed by atoms with E-state index in [4.69, 9.17) is 0 Å². The van der Waals surface area contributed by atoms with Gasteiger partial charge in [-0.1, -0.05) is 20.3 Å². The van der Waals surface area contributed by atoms with Crippen LogP contribution in [0.5, 0.6) is 0 Å². The minimum Gasteiger partial charge on any atom is -0.311 e. The monoisotopic (exact) mass is 196 g/mol. The molecule has 1 heterocycles. The molecule has 2 atom stereocenters. The summed E-state index contributed by atoms with van der Waals surface area (Å²) in [6.45, 7) is 9.79. The Morgan fingerprint density at radius 1 is 1.43 bits per heavy atom. The Kier molecular flexibility index (Phi) is 3.45. The Labute approximate surface area is 88.1 Å². The average Bonchev–Trinajstić information content (AvgIpc) is 3.01. The molecule has 1 saturated carbocycles. The lowest BCUT2D eigenvalue weighted by Crippen LogP contribution is -2.53. The van der Waals surface area contributed by atoms with Crippen LogP contribution in [0, 0.1) is 11.8 Å². The van der Waals surface area contributed by atoms with Crippen molar-refractivity contribution in [3.05, 3.63) is 0 Å². The molecule has 2 heteroatoms. The third-order valence-electron chi connectivity index (χ3n) is 3.83. The van der Waals surface area contributed by atoms with E-state index >= 15 is 0 Å². The summed E-state index contributed by atoms with van der Waals surface area (Å²) in [4.78, 5) is 2.67. The van der Waals surface area contributed by atoms with E-state index in [2.05, 4.69) is 24.1 Å². The van der Waals surface area contributed by atoms with Crippen LogP contribution in [0.1, 0.15) is 33.1 Å². The maximum Gasteiger partial charge on any atom is 0.0221 e. The first-order valence-corrected chi connectivity index (χ1v) is 6.25. The number of nitrogens with one attached hydrogen (secondary N) is 1. The van der Waals surface area contributed by atoms with Crippen LogP contribution in [0.15, 0.2) is 0 Å².